The van der Waals surface area contributed by atoms with Gasteiger partial charge in [0.05, 0.1) is 0 Å². The summed E-state index contributed by atoms with van der Waals surface area (Å²) in [6, 6.07) is 14.0. The van der Waals surface area contributed by atoms with Gasteiger partial charge >= 0.3 is 6.03 Å². The minimum Gasteiger partial charge on any atom is -0.326 e. The highest BCUT2D eigenvalue weighted by molar-refractivity contribution is 6.30. The molecule has 4 N–H and O–H groups in total. The van der Waals surface area contributed by atoms with Crippen LogP contribution in [0.3, 0.4) is 0 Å². The van der Waals surface area contributed by atoms with Gasteiger partial charge in [-0.25, -0.2) is 4.79 Å². The molecule has 98 valence electrons. The molecule has 0 heterocycles. The van der Waals surface area contributed by atoms with Crippen molar-refractivity contribution >= 4 is 29.0 Å². The highest BCUT2D eigenvalue weighted by Crippen LogP contribution is 2.16. The van der Waals surface area contributed by atoms with Crippen molar-refractivity contribution in [3.05, 3.63) is 59.1 Å². The second-order valence-corrected chi connectivity index (χ2v) is 4.43. The summed E-state index contributed by atoms with van der Waals surface area (Å²) in [5.41, 5.74) is 7.84. The Morgan fingerprint density at radius 3 is 2.32 bits per heavy atom. The second kappa shape index (κ2) is 6.22. The van der Waals surface area contributed by atoms with Gasteiger partial charge in [-0.05, 0) is 35.9 Å². The van der Waals surface area contributed by atoms with Gasteiger partial charge in [-0.3, -0.25) is 0 Å². The van der Waals surface area contributed by atoms with Crippen LogP contribution in [0.5, 0.6) is 0 Å². The fraction of sp³-hybridized carbons (Fsp3) is 0.0714. The van der Waals surface area contributed by atoms with E-state index in [0.717, 1.165) is 5.56 Å². The number of carbonyl (C=O) groups excluding carboxylic acids is 1. The van der Waals surface area contributed by atoms with E-state index in [1.165, 1.54) is 0 Å². The van der Waals surface area contributed by atoms with Gasteiger partial charge in [0.25, 0.3) is 0 Å². The molecule has 0 atom stereocenters. The molecule has 0 aliphatic rings. The summed E-state index contributed by atoms with van der Waals surface area (Å²) in [5.74, 6) is 0. The first-order chi connectivity index (χ1) is 9.17. The van der Waals surface area contributed by atoms with Crippen LogP contribution in [0.4, 0.5) is 16.2 Å². The first-order valence-electron chi connectivity index (χ1n) is 5.80. The van der Waals surface area contributed by atoms with Gasteiger partial charge in [0.1, 0.15) is 0 Å². The van der Waals surface area contributed by atoms with Crippen LogP contribution in [-0.4, -0.2) is 6.03 Å². The Bertz CT molecular complexity index is 586. The Balaban J connectivity index is 2.01. The molecule has 0 saturated heterocycles. The first-order valence-corrected chi connectivity index (χ1v) is 6.18. The van der Waals surface area contributed by atoms with Gasteiger partial charge in [0, 0.05) is 22.9 Å². The SMILES string of the molecule is NCc1cccc(NC(=O)Nc2cccc(Cl)c2)c1. The van der Waals surface area contributed by atoms with Gasteiger partial charge in [-0.15, -0.1) is 0 Å². The number of nitrogens with one attached hydrogen (secondary N) is 2. The van der Waals surface area contributed by atoms with Crippen molar-refractivity contribution in [2.24, 2.45) is 5.73 Å². The quantitative estimate of drug-likeness (QED) is 0.803. The lowest BCUT2D eigenvalue weighted by atomic mass is 10.2. The van der Waals surface area contributed by atoms with E-state index in [0.29, 0.717) is 22.9 Å². The van der Waals surface area contributed by atoms with E-state index in [9.17, 15) is 4.79 Å². The topological polar surface area (TPSA) is 67.1 Å². The largest absolute Gasteiger partial charge is 0.326 e. The number of rotatable bonds is 3. The number of hydrogen-bond donors (Lipinski definition) is 3. The molecule has 0 spiro atoms. The molecule has 0 radical (unpaired) electrons. The van der Waals surface area contributed by atoms with E-state index in [1.807, 2.05) is 18.2 Å². The molecule has 5 heteroatoms. The van der Waals surface area contributed by atoms with Crippen molar-refractivity contribution in [2.45, 2.75) is 6.54 Å². The highest BCUT2D eigenvalue weighted by atomic mass is 35.5. The molecule has 0 aromatic heterocycles. The van der Waals surface area contributed by atoms with Crippen LogP contribution in [0.15, 0.2) is 48.5 Å². The third-order valence-corrected chi connectivity index (χ3v) is 2.74. The van der Waals surface area contributed by atoms with Crippen LogP contribution in [0.2, 0.25) is 5.02 Å². The molecule has 0 aliphatic carbocycles. The molecule has 4 nitrogen and oxygen atoms in total. The zero-order valence-electron chi connectivity index (χ0n) is 10.2. The Hall–Kier alpha value is -2.04. The van der Waals surface area contributed by atoms with E-state index < -0.39 is 0 Å². The summed E-state index contributed by atoms with van der Waals surface area (Å²) in [4.78, 5) is 11.8. The molecule has 2 aromatic carbocycles. The lowest BCUT2D eigenvalue weighted by Crippen LogP contribution is -2.19. The number of carbonyl (C=O) groups is 1. The number of nitrogens with two attached hydrogens (primary N) is 1. The molecule has 2 rings (SSSR count). The number of urea groups is 1. The predicted octanol–water partition coefficient (Wildman–Crippen LogP) is 3.44. The second-order valence-electron chi connectivity index (χ2n) is 3.99. The number of halogens is 1. The summed E-state index contributed by atoms with van der Waals surface area (Å²) in [5, 5.41) is 6.01. The van der Waals surface area contributed by atoms with Crippen molar-refractivity contribution in [1.29, 1.82) is 0 Å². The maximum atomic E-state index is 11.8. The van der Waals surface area contributed by atoms with Crippen molar-refractivity contribution in [3.63, 3.8) is 0 Å². The van der Waals surface area contributed by atoms with E-state index in [1.54, 1.807) is 30.3 Å². The molecular formula is C14H14ClN3O. The van der Waals surface area contributed by atoms with Gasteiger partial charge < -0.3 is 16.4 Å². The summed E-state index contributed by atoms with van der Waals surface area (Å²) in [6.45, 7) is 0.436. The summed E-state index contributed by atoms with van der Waals surface area (Å²) in [6.07, 6.45) is 0. The minimum absolute atomic E-state index is 0.323. The lowest BCUT2D eigenvalue weighted by molar-refractivity contribution is 0.262. The van der Waals surface area contributed by atoms with Crippen LogP contribution in [0, 0.1) is 0 Å². The fourth-order valence-corrected chi connectivity index (χ4v) is 1.83. The third-order valence-electron chi connectivity index (χ3n) is 2.50. The molecule has 0 fully saturated rings. The maximum absolute atomic E-state index is 11.8. The third kappa shape index (κ3) is 3.98. The Labute approximate surface area is 116 Å². The first kappa shape index (κ1) is 13.4. The zero-order valence-corrected chi connectivity index (χ0v) is 10.9. The van der Waals surface area contributed by atoms with Crippen molar-refractivity contribution in [1.82, 2.24) is 0 Å². The number of benzene rings is 2. The van der Waals surface area contributed by atoms with Gasteiger partial charge in [0.15, 0.2) is 0 Å². The Morgan fingerprint density at radius 1 is 1.05 bits per heavy atom. The Kier molecular flexibility index (Phi) is 4.39. The van der Waals surface area contributed by atoms with Crippen molar-refractivity contribution in [2.75, 3.05) is 10.6 Å². The summed E-state index contributed by atoms with van der Waals surface area (Å²) >= 11 is 5.84. The summed E-state index contributed by atoms with van der Waals surface area (Å²) < 4.78 is 0. The predicted molar refractivity (Wildman–Crippen MR) is 78.4 cm³/mol. The van der Waals surface area contributed by atoms with Crippen molar-refractivity contribution in [3.8, 4) is 0 Å². The average molecular weight is 276 g/mol. The Morgan fingerprint density at radius 2 is 1.68 bits per heavy atom. The number of hydrogen-bond acceptors (Lipinski definition) is 2. The van der Waals surface area contributed by atoms with Crippen LogP contribution in [0.1, 0.15) is 5.56 Å². The molecule has 0 unspecified atom stereocenters. The zero-order chi connectivity index (χ0) is 13.7. The molecule has 0 aliphatic heterocycles. The smallest absolute Gasteiger partial charge is 0.323 e. The van der Waals surface area contributed by atoms with Gasteiger partial charge in [0.2, 0.25) is 0 Å². The molecule has 0 bridgehead atoms. The van der Waals surface area contributed by atoms with Crippen LogP contribution < -0.4 is 16.4 Å². The maximum Gasteiger partial charge on any atom is 0.323 e. The number of anilines is 2. The monoisotopic (exact) mass is 275 g/mol. The number of amides is 2. The van der Waals surface area contributed by atoms with Gasteiger partial charge in [-0.2, -0.15) is 0 Å². The lowest BCUT2D eigenvalue weighted by Gasteiger charge is -2.08. The molecule has 2 amide bonds. The van der Waals surface area contributed by atoms with E-state index in [4.69, 9.17) is 17.3 Å². The standard InChI is InChI=1S/C14H14ClN3O/c15-11-4-2-6-13(8-11)18-14(19)17-12-5-1-3-10(7-12)9-16/h1-8H,9,16H2,(H2,17,18,19). The molecular weight excluding hydrogens is 262 g/mol. The average Bonchev–Trinajstić information content (AvgIpc) is 2.38. The van der Waals surface area contributed by atoms with E-state index in [2.05, 4.69) is 10.6 Å². The minimum atomic E-state index is -0.323. The molecule has 2 aromatic rings. The highest BCUT2D eigenvalue weighted by Gasteiger charge is 2.03. The van der Waals surface area contributed by atoms with E-state index in [-0.39, 0.29) is 6.03 Å². The van der Waals surface area contributed by atoms with Gasteiger partial charge in [-0.1, -0.05) is 29.8 Å². The van der Waals surface area contributed by atoms with Crippen LogP contribution in [0.25, 0.3) is 0 Å². The molecule has 19 heavy (non-hydrogen) atoms. The van der Waals surface area contributed by atoms with E-state index >= 15 is 0 Å². The van der Waals surface area contributed by atoms with Crippen LogP contribution in [-0.2, 0) is 6.54 Å². The normalized spacial score (nSPS) is 10.0. The molecule has 0 saturated carbocycles. The fourth-order valence-electron chi connectivity index (χ4n) is 1.64. The van der Waals surface area contributed by atoms with Crippen LogP contribution >= 0.6 is 11.6 Å². The summed E-state index contributed by atoms with van der Waals surface area (Å²) in [7, 11) is 0. The van der Waals surface area contributed by atoms with Crippen molar-refractivity contribution < 1.29 is 4.79 Å².